The molecule has 0 unspecified atom stereocenters. The van der Waals surface area contributed by atoms with Crippen LogP contribution in [0.1, 0.15) is 29.7 Å². The molecule has 1 fully saturated rings. The predicted molar refractivity (Wildman–Crippen MR) is 136 cm³/mol. The highest BCUT2D eigenvalue weighted by molar-refractivity contribution is 5.82. The van der Waals surface area contributed by atoms with Crippen LogP contribution in [0.3, 0.4) is 0 Å². The topological polar surface area (TPSA) is 78.7 Å². The van der Waals surface area contributed by atoms with Crippen molar-refractivity contribution < 1.29 is 14.1 Å². The minimum atomic E-state index is -0.389. The summed E-state index contributed by atoms with van der Waals surface area (Å²) in [6.07, 6.45) is 0.440. The summed E-state index contributed by atoms with van der Waals surface area (Å²) in [7, 11) is 0. The lowest BCUT2D eigenvalue weighted by Crippen LogP contribution is -2.61. The lowest BCUT2D eigenvalue weighted by atomic mass is 9.83. The molecule has 7 nitrogen and oxygen atoms in total. The minimum absolute atomic E-state index is 0.0407. The van der Waals surface area contributed by atoms with Crippen LogP contribution in [0.15, 0.2) is 72.8 Å². The quantitative estimate of drug-likeness (QED) is 0.409. The second-order valence-corrected chi connectivity index (χ2v) is 9.64. The number of hydrogen-bond acceptors (Lipinski definition) is 5. The van der Waals surface area contributed by atoms with Gasteiger partial charge in [0.15, 0.2) is 0 Å². The number of nitro benzene ring substituents is 1. The fourth-order valence-corrected chi connectivity index (χ4v) is 5.42. The lowest BCUT2D eigenvalue weighted by Gasteiger charge is -2.49. The van der Waals surface area contributed by atoms with Gasteiger partial charge >= 0.3 is 0 Å². The van der Waals surface area contributed by atoms with Gasteiger partial charge in [0.2, 0.25) is 5.91 Å². The molecule has 2 aliphatic heterocycles. The maximum atomic E-state index is 13.6. The molecule has 2 aliphatic rings. The molecular formula is C28H29FN4O3. The van der Waals surface area contributed by atoms with Crippen LogP contribution in [-0.2, 0) is 17.8 Å². The highest BCUT2D eigenvalue weighted by Gasteiger charge is 2.42. The molecule has 2 heterocycles. The summed E-state index contributed by atoms with van der Waals surface area (Å²) in [5.41, 5.74) is 3.89. The van der Waals surface area contributed by atoms with Gasteiger partial charge in [-0.15, -0.1) is 0 Å². The van der Waals surface area contributed by atoms with Crippen molar-refractivity contribution in [2.45, 2.75) is 32.0 Å². The molecule has 5 rings (SSSR count). The van der Waals surface area contributed by atoms with E-state index >= 15 is 0 Å². The van der Waals surface area contributed by atoms with Crippen LogP contribution in [0, 0.1) is 21.8 Å². The number of rotatable bonds is 6. The second-order valence-electron chi connectivity index (χ2n) is 9.64. The van der Waals surface area contributed by atoms with Crippen LogP contribution >= 0.6 is 0 Å². The standard InChI is InChI=1S/C28H29FN4O3/c1-19(21-5-3-2-4-6-21)30-28(34)25-16-22-15-24(33(35)36)11-12-26(22)32-14-13-31(18-27(25)32)17-20-7-9-23(29)10-8-20/h2-12,15,19,25,27H,13-14,16-18H2,1H3,(H,30,34)/t19-,25-,27+/m0/s1. The van der Waals surface area contributed by atoms with E-state index in [2.05, 4.69) is 15.1 Å². The maximum absolute atomic E-state index is 13.6. The Balaban J connectivity index is 1.41. The first-order chi connectivity index (χ1) is 17.4. The van der Waals surface area contributed by atoms with Crippen molar-refractivity contribution in [1.82, 2.24) is 10.2 Å². The number of piperazine rings is 1. The third-order valence-corrected chi connectivity index (χ3v) is 7.30. The molecule has 3 atom stereocenters. The van der Waals surface area contributed by atoms with Crippen molar-refractivity contribution in [2.24, 2.45) is 5.92 Å². The first-order valence-corrected chi connectivity index (χ1v) is 12.2. The molecule has 0 saturated carbocycles. The summed E-state index contributed by atoms with van der Waals surface area (Å²) in [6, 6.07) is 21.1. The molecule has 0 bridgehead atoms. The number of carbonyl (C=O) groups is 1. The van der Waals surface area contributed by atoms with Gasteiger partial charge in [-0.2, -0.15) is 0 Å². The third-order valence-electron chi connectivity index (χ3n) is 7.30. The number of nitrogens with one attached hydrogen (secondary N) is 1. The summed E-state index contributed by atoms with van der Waals surface area (Å²) >= 11 is 0. The van der Waals surface area contributed by atoms with Gasteiger partial charge in [-0.1, -0.05) is 42.5 Å². The first kappa shape index (κ1) is 23.9. The average Bonchev–Trinajstić information content (AvgIpc) is 2.89. The molecule has 1 amide bonds. The molecule has 0 radical (unpaired) electrons. The maximum Gasteiger partial charge on any atom is 0.269 e. The summed E-state index contributed by atoms with van der Waals surface area (Å²) in [5, 5.41) is 14.6. The Kier molecular flexibility index (Phi) is 6.69. The fraction of sp³-hybridized carbons (Fsp3) is 0.321. The predicted octanol–water partition coefficient (Wildman–Crippen LogP) is 4.47. The zero-order valence-corrected chi connectivity index (χ0v) is 20.1. The van der Waals surface area contributed by atoms with Crippen molar-refractivity contribution in [3.8, 4) is 0 Å². The van der Waals surface area contributed by atoms with Crippen LogP contribution in [0.4, 0.5) is 15.8 Å². The molecule has 1 N–H and O–H groups in total. The van der Waals surface area contributed by atoms with E-state index in [9.17, 15) is 19.3 Å². The van der Waals surface area contributed by atoms with Gasteiger partial charge < -0.3 is 10.2 Å². The molecule has 0 spiro atoms. The van der Waals surface area contributed by atoms with Crippen LogP contribution in [0.5, 0.6) is 0 Å². The van der Waals surface area contributed by atoms with E-state index in [1.807, 2.05) is 43.3 Å². The molecule has 0 aromatic heterocycles. The van der Waals surface area contributed by atoms with E-state index in [0.29, 0.717) is 26.1 Å². The van der Waals surface area contributed by atoms with Crippen LogP contribution in [-0.4, -0.2) is 41.4 Å². The number of carbonyl (C=O) groups excluding carboxylic acids is 1. The second kappa shape index (κ2) is 10.1. The molecule has 0 aliphatic carbocycles. The summed E-state index contributed by atoms with van der Waals surface area (Å²) in [4.78, 5) is 29.2. The van der Waals surface area contributed by atoms with Crippen molar-refractivity contribution in [3.05, 3.63) is 105 Å². The van der Waals surface area contributed by atoms with Gasteiger partial charge in [-0.3, -0.25) is 19.8 Å². The van der Waals surface area contributed by atoms with Crippen LogP contribution in [0.25, 0.3) is 0 Å². The Morgan fingerprint density at radius 2 is 1.86 bits per heavy atom. The van der Waals surface area contributed by atoms with Crippen molar-refractivity contribution in [3.63, 3.8) is 0 Å². The molecule has 3 aromatic carbocycles. The Morgan fingerprint density at radius 1 is 1.11 bits per heavy atom. The Labute approximate surface area is 209 Å². The Hall–Kier alpha value is -3.78. The zero-order chi connectivity index (χ0) is 25.2. The Morgan fingerprint density at radius 3 is 2.58 bits per heavy atom. The molecule has 8 heteroatoms. The SMILES string of the molecule is C[C@H](NC(=O)[C@H]1Cc2cc([N+](=O)[O-])ccc2N2CCN(Cc3ccc(F)cc3)C[C@H]12)c1ccccc1. The van der Waals surface area contributed by atoms with Crippen molar-refractivity contribution in [2.75, 3.05) is 24.5 Å². The number of benzene rings is 3. The largest absolute Gasteiger partial charge is 0.365 e. The van der Waals surface area contributed by atoms with E-state index in [1.54, 1.807) is 24.3 Å². The molecule has 1 saturated heterocycles. The average molecular weight is 489 g/mol. The number of nitro groups is 1. The van der Waals surface area contributed by atoms with Gasteiger partial charge in [0.1, 0.15) is 5.82 Å². The summed E-state index contributed by atoms with van der Waals surface area (Å²) < 4.78 is 13.4. The van der Waals surface area contributed by atoms with E-state index in [1.165, 1.54) is 12.1 Å². The molecule has 3 aromatic rings. The molecule has 186 valence electrons. The molecular weight excluding hydrogens is 459 g/mol. The fourth-order valence-electron chi connectivity index (χ4n) is 5.42. The minimum Gasteiger partial charge on any atom is -0.365 e. The van der Waals surface area contributed by atoms with Gasteiger partial charge in [-0.05, 0) is 48.2 Å². The summed E-state index contributed by atoms with van der Waals surface area (Å²) in [5.74, 6) is -0.672. The number of anilines is 1. The molecule has 36 heavy (non-hydrogen) atoms. The number of non-ortho nitro benzene ring substituents is 1. The normalized spacial score (nSPS) is 20.2. The zero-order valence-electron chi connectivity index (χ0n) is 20.1. The third kappa shape index (κ3) is 4.95. The number of amides is 1. The first-order valence-electron chi connectivity index (χ1n) is 12.2. The number of halogens is 1. The van der Waals surface area contributed by atoms with E-state index in [0.717, 1.165) is 28.9 Å². The highest BCUT2D eigenvalue weighted by Crippen LogP contribution is 2.38. The summed E-state index contributed by atoms with van der Waals surface area (Å²) in [6.45, 7) is 4.79. The highest BCUT2D eigenvalue weighted by atomic mass is 19.1. The number of hydrogen-bond donors (Lipinski definition) is 1. The van der Waals surface area contributed by atoms with Crippen LogP contribution in [0.2, 0.25) is 0 Å². The van der Waals surface area contributed by atoms with Crippen molar-refractivity contribution in [1.29, 1.82) is 0 Å². The number of fused-ring (bicyclic) bond motifs is 3. The number of nitrogens with zero attached hydrogens (tertiary/aromatic N) is 3. The monoisotopic (exact) mass is 488 g/mol. The van der Waals surface area contributed by atoms with Gasteiger partial charge in [-0.25, -0.2) is 4.39 Å². The van der Waals surface area contributed by atoms with E-state index in [-0.39, 0.29) is 40.3 Å². The van der Waals surface area contributed by atoms with Gasteiger partial charge in [0.25, 0.3) is 5.69 Å². The van der Waals surface area contributed by atoms with Gasteiger partial charge in [0.05, 0.1) is 22.9 Å². The van der Waals surface area contributed by atoms with E-state index < -0.39 is 0 Å². The van der Waals surface area contributed by atoms with Crippen LogP contribution < -0.4 is 10.2 Å². The smallest absolute Gasteiger partial charge is 0.269 e. The van der Waals surface area contributed by atoms with Gasteiger partial charge in [0, 0.05) is 44.0 Å². The lowest BCUT2D eigenvalue weighted by molar-refractivity contribution is -0.384. The van der Waals surface area contributed by atoms with Crippen molar-refractivity contribution >= 4 is 17.3 Å². The Bertz CT molecular complexity index is 1250. The van der Waals surface area contributed by atoms with E-state index in [4.69, 9.17) is 0 Å².